The lowest BCUT2D eigenvalue weighted by atomic mass is 10.1. The van der Waals surface area contributed by atoms with Crippen molar-refractivity contribution in [2.45, 2.75) is 31.9 Å². The van der Waals surface area contributed by atoms with Crippen LogP contribution in [0.2, 0.25) is 0 Å². The van der Waals surface area contributed by atoms with Gasteiger partial charge in [0.05, 0.1) is 5.60 Å². The van der Waals surface area contributed by atoms with Crippen molar-refractivity contribution in [2.24, 2.45) is 0 Å². The molecular formula is C10H22N2O2S. The van der Waals surface area contributed by atoms with Crippen molar-refractivity contribution < 1.29 is 9.90 Å². The first kappa shape index (κ1) is 14.7. The normalized spacial score (nSPS) is 16.9. The number of aliphatic hydroxyl groups is 1. The van der Waals surface area contributed by atoms with Crippen LogP contribution in [0.5, 0.6) is 0 Å². The summed E-state index contributed by atoms with van der Waals surface area (Å²) in [5, 5.41) is 15.6. The molecule has 0 aliphatic heterocycles. The maximum absolute atomic E-state index is 11.1. The largest absolute Gasteiger partial charge is 0.388 e. The Morgan fingerprint density at radius 3 is 2.67 bits per heavy atom. The van der Waals surface area contributed by atoms with E-state index in [1.54, 1.807) is 25.7 Å². The first-order chi connectivity index (χ1) is 6.91. The molecule has 0 aliphatic rings. The van der Waals surface area contributed by atoms with E-state index >= 15 is 0 Å². The molecule has 0 radical (unpaired) electrons. The summed E-state index contributed by atoms with van der Waals surface area (Å²) in [7, 11) is 1.62. The lowest BCUT2D eigenvalue weighted by Gasteiger charge is -2.25. The maximum atomic E-state index is 11.1. The molecule has 1 amide bonds. The van der Waals surface area contributed by atoms with E-state index in [-0.39, 0.29) is 11.9 Å². The van der Waals surface area contributed by atoms with Crippen LogP contribution in [0, 0.1) is 0 Å². The molecule has 5 heteroatoms. The van der Waals surface area contributed by atoms with Crippen LogP contribution in [-0.4, -0.2) is 48.3 Å². The van der Waals surface area contributed by atoms with Crippen LogP contribution in [0.3, 0.4) is 0 Å². The first-order valence-corrected chi connectivity index (χ1v) is 6.46. The monoisotopic (exact) mass is 234 g/mol. The van der Waals surface area contributed by atoms with Gasteiger partial charge in [0.2, 0.25) is 5.91 Å². The topological polar surface area (TPSA) is 61.4 Å². The lowest BCUT2D eigenvalue weighted by molar-refractivity contribution is -0.121. The molecule has 0 saturated heterocycles. The Labute approximate surface area is 96.2 Å². The van der Waals surface area contributed by atoms with Gasteiger partial charge in [-0.2, -0.15) is 11.8 Å². The Morgan fingerprint density at radius 2 is 2.20 bits per heavy atom. The number of nitrogens with one attached hydrogen (secondary N) is 2. The molecule has 90 valence electrons. The minimum atomic E-state index is -0.712. The van der Waals surface area contributed by atoms with Crippen molar-refractivity contribution in [3.63, 3.8) is 0 Å². The Morgan fingerprint density at radius 1 is 1.60 bits per heavy atom. The third kappa shape index (κ3) is 7.64. The summed E-state index contributed by atoms with van der Waals surface area (Å²) < 4.78 is 0. The second-order valence-electron chi connectivity index (χ2n) is 4.09. The fourth-order valence-corrected chi connectivity index (χ4v) is 1.93. The average molecular weight is 234 g/mol. The number of hydrogen-bond acceptors (Lipinski definition) is 4. The van der Waals surface area contributed by atoms with Crippen LogP contribution >= 0.6 is 11.8 Å². The summed E-state index contributed by atoms with van der Waals surface area (Å²) in [6, 6.07) is 0.0817. The van der Waals surface area contributed by atoms with E-state index in [0.717, 1.165) is 0 Å². The minimum Gasteiger partial charge on any atom is -0.388 e. The number of amides is 1. The molecule has 0 rings (SSSR count). The van der Waals surface area contributed by atoms with Gasteiger partial charge in [0.1, 0.15) is 0 Å². The molecule has 0 aromatic rings. The van der Waals surface area contributed by atoms with Gasteiger partial charge in [-0.1, -0.05) is 0 Å². The third-order valence-corrected chi connectivity index (χ3v) is 2.97. The highest BCUT2D eigenvalue weighted by atomic mass is 32.2. The molecule has 0 aliphatic carbocycles. The molecule has 0 bridgehead atoms. The molecule has 15 heavy (non-hydrogen) atoms. The van der Waals surface area contributed by atoms with Crippen LogP contribution in [0.15, 0.2) is 0 Å². The van der Waals surface area contributed by atoms with E-state index in [4.69, 9.17) is 0 Å². The van der Waals surface area contributed by atoms with Gasteiger partial charge in [-0.3, -0.25) is 4.79 Å². The zero-order chi connectivity index (χ0) is 11.9. The SMILES string of the molecule is CNC(=O)CC(C)NCC(C)(O)CSC. The van der Waals surface area contributed by atoms with Gasteiger partial charge in [-0.25, -0.2) is 0 Å². The Kier molecular flexibility index (Phi) is 6.96. The quantitative estimate of drug-likeness (QED) is 0.589. The highest BCUT2D eigenvalue weighted by Gasteiger charge is 2.20. The molecule has 0 heterocycles. The third-order valence-electron chi connectivity index (χ3n) is 2.06. The van der Waals surface area contributed by atoms with Crippen LogP contribution in [0.1, 0.15) is 20.3 Å². The van der Waals surface area contributed by atoms with Crippen molar-refractivity contribution in [2.75, 3.05) is 25.6 Å². The van der Waals surface area contributed by atoms with Crippen LogP contribution in [0.25, 0.3) is 0 Å². The van der Waals surface area contributed by atoms with Gasteiger partial charge in [0.25, 0.3) is 0 Å². The molecule has 0 spiro atoms. The van der Waals surface area contributed by atoms with Gasteiger partial charge >= 0.3 is 0 Å². The van der Waals surface area contributed by atoms with Gasteiger partial charge in [-0.15, -0.1) is 0 Å². The minimum absolute atomic E-state index is 0.0134. The standard InChI is InChI=1S/C10H22N2O2S/c1-8(5-9(13)11-3)12-6-10(2,14)7-15-4/h8,12,14H,5-7H2,1-4H3,(H,11,13). The summed E-state index contributed by atoms with van der Waals surface area (Å²) in [5.74, 6) is 0.701. The van der Waals surface area contributed by atoms with Crippen molar-refractivity contribution in [1.29, 1.82) is 0 Å². The van der Waals surface area contributed by atoms with E-state index in [9.17, 15) is 9.90 Å². The Hall–Kier alpha value is -0.260. The predicted molar refractivity (Wildman–Crippen MR) is 65.2 cm³/mol. The summed E-state index contributed by atoms with van der Waals surface area (Å²) in [6.07, 6.45) is 2.40. The highest BCUT2D eigenvalue weighted by molar-refractivity contribution is 7.98. The van der Waals surface area contributed by atoms with Crippen LogP contribution in [0.4, 0.5) is 0 Å². The zero-order valence-corrected chi connectivity index (χ0v) is 10.8. The number of carbonyl (C=O) groups is 1. The van der Waals surface area contributed by atoms with Crippen LogP contribution in [-0.2, 0) is 4.79 Å². The second-order valence-corrected chi connectivity index (χ2v) is 4.96. The van der Waals surface area contributed by atoms with E-state index in [1.807, 2.05) is 13.2 Å². The number of thioether (sulfide) groups is 1. The molecule has 4 nitrogen and oxygen atoms in total. The average Bonchev–Trinajstić information content (AvgIpc) is 2.15. The molecule has 2 atom stereocenters. The van der Waals surface area contributed by atoms with E-state index < -0.39 is 5.60 Å². The Balaban J connectivity index is 3.79. The first-order valence-electron chi connectivity index (χ1n) is 5.06. The molecule has 0 aromatic carbocycles. The molecular weight excluding hydrogens is 212 g/mol. The van der Waals surface area contributed by atoms with Crippen molar-refractivity contribution in [3.05, 3.63) is 0 Å². The van der Waals surface area contributed by atoms with E-state index in [1.165, 1.54) is 0 Å². The molecule has 2 unspecified atom stereocenters. The lowest BCUT2D eigenvalue weighted by Crippen LogP contribution is -2.44. The summed E-state index contributed by atoms with van der Waals surface area (Å²) in [4.78, 5) is 11.1. The van der Waals surface area contributed by atoms with Crippen molar-refractivity contribution in [1.82, 2.24) is 10.6 Å². The maximum Gasteiger partial charge on any atom is 0.221 e. The fourth-order valence-electron chi connectivity index (χ4n) is 1.21. The predicted octanol–water partition coefficient (Wildman–Crippen LogP) is 0.215. The highest BCUT2D eigenvalue weighted by Crippen LogP contribution is 2.09. The summed E-state index contributed by atoms with van der Waals surface area (Å²) in [6.45, 7) is 4.24. The number of carbonyl (C=O) groups excluding carboxylic acids is 1. The van der Waals surface area contributed by atoms with Crippen molar-refractivity contribution >= 4 is 17.7 Å². The van der Waals surface area contributed by atoms with Gasteiger partial charge in [0.15, 0.2) is 0 Å². The molecule has 0 saturated carbocycles. The smallest absolute Gasteiger partial charge is 0.221 e. The number of rotatable bonds is 7. The molecule has 3 N–H and O–H groups in total. The van der Waals surface area contributed by atoms with Gasteiger partial charge in [-0.05, 0) is 20.1 Å². The number of hydrogen-bond donors (Lipinski definition) is 3. The van der Waals surface area contributed by atoms with Crippen LogP contribution < -0.4 is 10.6 Å². The van der Waals surface area contributed by atoms with Gasteiger partial charge < -0.3 is 15.7 Å². The molecule has 0 aromatic heterocycles. The van der Waals surface area contributed by atoms with E-state index in [0.29, 0.717) is 18.7 Å². The fraction of sp³-hybridized carbons (Fsp3) is 0.900. The summed E-state index contributed by atoms with van der Waals surface area (Å²) >= 11 is 1.61. The van der Waals surface area contributed by atoms with Gasteiger partial charge in [0, 0.05) is 31.8 Å². The zero-order valence-electron chi connectivity index (χ0n) is 9.96. The molecule has 0 fully saturated rings. The summed E-state index contributed by atoms with van der Waals surface area (Å²) in [5.41, 5.74) is -0.712. The second kappa shape index (κ2) is 7.09. The van der Waals surface area contributed by atoms with E-state index in [2.05, 4.69) is 10.6 Å². The Bertz CT molecular complexity index is 198. The van der Waals surface area contributed by atoms with Crippen molar-refractivity contribution in [3.8, 4) is 0 Å².